The van der Waals surface area contributed by atoms with Crippen LogP contribution in [0.25, 0.3) is 0 Å². The Morgan fingerprint density at radius 2 is 2.05 bits per heavy atom. The first-order valence-corrected chi connectivity index (χ1v) is 8.60. The topological polar surface area (TPSA) is 46.6 Å². The van der Waals surface area contributed by atoms with Crippen LogP contribution in [0.15, 0.2) is 29.2 Å². The predicted molar refractivity (Wildman–Crippen MR) is 82.8 cm³/mol. The summed E-state index contributed by atoms with van der Waals surface area (Å²) >= 11 is 4.90. The highest BCUT2D eigenvalue weighted by atomic mass is 32.2. The van der Waals surface area contributed by atoms with Crippen molar-refractivity contribution in [3.8, 4) is 5.75 Å². The SMILES string of the molecule is COc1ccc(S(=O)(=O)N2CCCC[C@@H]2CC=S)cc1. The van der Waals surface area contributed by atoms with Crippen molar-refractivity contribution in [2.24, 2.45) is 0 Å². The number of methoxy groups -OCH3 is 1. The molecule has 0 amide bonds. The lowest BCUT2D eigenvalue weighted by Gasteiger charge is -2.34. The van der Waals surface area contributed by atoms with Crippen LogP contribution < -0.4 is 4.74 Å². The van der Waals surface area contributed by atoms with E-state index in [0.29, 0.717) is 23.6 Å². The highest BCUT2D eigenvalue weighted by molar-refractivity contribution is 7.89. The monoisotopic (exact) mass is 313 g/mol. The normalized spacial score (nSPS) is 20.6. The first-order chi connectivity index (χ1) is 9.59. The number of benzene rings is 1. The fourth-order valence-electron chi connectivity index (χ4n) is 2.52. The minimum absolute atomic E-state index is 0.00616. The summed E-state index contributed by atoms with van der Waals surface area (Å²) in [5, 5.41) is 1.63. The number of thiocarbonyl (C=S) groups is 1. The molecule has 0 aliphatic carbocycles. The standard InChI is InChI=1S/C14H19NO3S2/c1-18-13-5-7-14(8-6-13)20(16,17)15-10-3-2-4-12(15)9-11-19/h5-8,11-12H,2-4,9-10H2,1H3/t12-/m1/s1. The lowest BCUT2D eigenvalue weighted by molar-refractivity contribution is 0.259. The van der Waals surface area contributed by atoms with E-state index in [1.165, 1.54) is 0 Å². The summed E-state index contributed by atoms with van der Waals surface area (Å²) in [6.07, 6.45) is 3.47. The Morgan fingerprint density at radius 3 is 2.65 bits per heavy atom. The molecule has 1 aliphatic rings. The Kier molecular flexibility index (Phi) is 5.12. The number of hydrogen-bond donors (Lipinski definition) is 0. The molecule has 0 radical (unpaired) electrons. The second-order valence-electron chi connectivity index (χ2n) is 4.84. The third-order valence-corrected chi connectivity index (χ3v) is 5.77. The van der Waals surface area contributed by atoms with Gasteiger partial charge < -0.3 is 4.74 Å². The van der Waals surface area contributed by atoms with Gasteiger partial charge in [0.15, 0.2) is 0 Å². The zero-order valence-electron chi connectivity index (χ0n) is 11.5. The lowest BCUT2D eigenvalue weighted by Crippen LogP contribution is -2.43. The summed E-state index contributed by atoms with van der Waals surface area (Å²) in [5.74, 6) is 0.651. The van der Waals surface area contributed by atoms with Gasteiger partial charge in [-0.15, -0.1) is 0 Å². The molecule has 1 aromatic rings. The van der Waals surface area contributed by atoms with Crippen LogP contribution in [0.4, 0.5) is 0 Å². The summed E-state index contributed by atoms with van der Waals surface area (Å²) in [4.78, 5) is 0.314. The molecule has 6 heteroatoms. The van der Waals surface area contributed by atoms with Crippen molar-refractivity contribution in [2.45, 2.75) is 36.6 Å². The zero-order chi connectivity index (χ0) is 14.6. The summed E-state index contributed by atoms with van der Waals surface area (Å²) in [5.41, 5.74) is 0. The van der Waals surface area contributed by atoms with Gasteiger partial charge in [-0.2, -0.15) is 4.31 Å². The summed E-state index contributed by atoms with van der Waals surface area (Å²) < 4.78 is 32.1. The van der Waals surface area contributed by atoms with Gasteiger partial charge in [0, 0.05) is 12.6 Å². The molecule has 1 saturated heterocycles. The number of nitrogens with zero attached hydrogens (tertiary/aromatic N) is 1. The van der Waals surface area contributed by atoms with Crippen LogP contribution in [0.1, 0.15) is 25.7 Å². The molecular formula is C14H19NO3S2. The van der Waals surface area contributed by atoms with E-state index in [4.69, 9.17) is 17.0 Å². The van der Waals surface area contributed by atoms with E-state index < -0.39 is 10.0 Å². The van der Waals surface area contributed by atoms with E-state index >= 15 is 0 Å². The molecule has 2 rings (SSSR count). The number of rotatable bonds is 5. The quantitative estimate of drug-likeness (QED) is 0.784. The van der Waals surface area contributed by atoms with E-state index in [-0.39, 0.29) is 6.04 Å². The van der Waals surface area contributed by atoms with Gasteiger partial charge in [0.05, 0.1) is 12.0 Å². The highest BCUT2D eigenvalue weighted by Crippen LogP contribution is 2.27. The molecule has 1 heterocycles. The van der Waals surface area contributed by atoms with Gasteiger partial charge in [0.1, 0.15) is 5.75 Å². The molecule has 110 valence electrons. The van der Waals surface area contributed by atoms with Gasteiger partial charge in [-0.1, -0.05) is 18.6 Å². The second kappa shape index (κ2) is 6.65. The van der Waals surface area contributed by atoms with Crippen LogP contribution in [0, 0.1) is 0 Å². The molecule has 1 atom stereocenters. The lowest BCUT2D eigenvalue weighted by atomic mass is 10.0. The van der Waals surface area contributed by atoms with Crippen molar-refractivity contribution in [2.75, 3.05) is 13.7 Å². The van der Waals surface area contributed by atoms with Gasteiger partial charge >= 0.3 is 0 Å². The first kappa shape index (κ1) is 15.4. The molecule has 0 bridgehead atoms. The van der Waals surface area contributed by atoms with Crippen molar-refractivity contribution in [3.63, 3.8) is 0 Å². The average Bonchev–Trinajstić information content (AvgIpc) is 2.48. The van der Waals surface area contributed by atoms with Gasteiger partial charge in [0.2, 0.25) is 10.0 Å². The fourth-order valence-corrected chi connectivity index (χ4v) is 4.45. The van der Waals surface area contributed by atoms with E-state index in [0.717, 1.165) is 19.3 Å². The van der Waals surface area contributed by atoms with Crippen molar-refractivity contribution in [1.82, 2.24) is 4.31 Å². The van der Waals surface area contributed by atoms with Crippen LogP contribution in [-0.2, 0) is 10.0 Å². The van der Waals surface area contributed by atoms with Gasteiger partial charge in [-0.25, -0.2) is 8.42 Å². The third kappa shape index (κ3) is 3.19. The molecule has 0 saturated carbocycles. The maximum atomic E-state index is 12.7. The van der Waals surface area contributed by atoms with Crippen LogP contribution in [0.3, 0.4) is 0 Å². The summed E-state index contributed by atoms with van der Waals surface area (Å²) in [6.45, 7) is 0.572. The molecule has 4 nitrogen and oxygen atoms in total. The number of piperidine rings is 1. The van der Waals surface area contributed by atoms with Crippen molar-refractivity contribution < 1.29 is 13.2 Å². The predicted octanol–water partition coefficient (Wildman–Crippen LogP) is 2.63. The molecule has 0 N–H and O–H groups in total. The van der Waals surface area contributed by atoms with Gasteiger partial charge in [0.25, 0.3) is 0 Å². The molecule has 0 spiro atoms. The Morgan fingerprint density at radius 1 is 1.35 bits per heavy atom. The summed E-state index contributed by atoms with van der Waals surface area (Å²) in [6, 6.07) is 6.53. The van der Waals surface area contributed by atoms with E-state index in [9.17, 15) is 8.42 Å². The maximum absolute atomic E-state index is 12.7. The number of sulfonamides is 1. The second-order valence-corrected chi connectivity index (χ2v) is 7.07. The van der Waals surface area contributed by atoms with E-state index in [1.54, 1.807) is 41.0 Å². The Labute approximate surface area is 125 Å². The fraction of sp³-hybridized carbons (Fsp3) is 0.500. The first-order valence-electron chi connectivity index (χ1n) is 6.69. The smallest absolute Gasteiger partial charge is 0.243 e. The highest BCUT2D eigenvalue weighted by Gasteiger charge is 2.32. The van der Waals surface area contributed by atoms with Gasteiger partial charge in [-0.05, 0) is 48.9 Å². The van der Waals surface area contributed by atoms with Crippen molar-refractivity contribution in [1.29, 1.82) is 0 Å². The number of hydrogen-bond acceptors (Lipinski definition) is 4. The largest absolute Gasteiger partial charge is 0.497 e. The minimum Gasteiger partial charge on any atom is -0.497 e. The molecular weight excluding hydrogens is 294 g/mol. The number of ether oxygens (including phenoxy) is 1. The summed E-state index contributed by atoms with van der Waals surface area (Å²) in [7, 11) is -1.89. The minimum atomic E-state index is -3.45. The Balaban J connectivity index is 2.28. The van der Waals surface area contributed by atoms with Crippen LogP contribution in [0.2, 0.25) is 0 Å². The van der Waals surface area contributed by atoms with Crippen molar-refractivity contribution >= 4 is 27.6 Å². The average molecular weight is 313 g/mol. The van der Waals surface area contributed by atoms with Crippen molar-refractivity contribution in [3.05, 3.63) is 24.3 Å². The molecule has 20 heavy (non-hydrogen) atoms. The van der Waals surface area contributed by atoms with Gasteiger partial charge in [-0.3, -0.25) is 0 Å². The Bertz CT molecular complexity index is 554. The molecule has 0 unspecified atom stereocenters. The van der Waals surface area contributed by atoms with E-state index in [2.05, 4.69) is 0 Å². The third-order valence-electron chi connectivity index (χ3n) is 3.61. The molecule has 1 aliphatic heterocycles. The molecule has 0 aromatic heterocycles. The maximum Gasteiger partial charge on any atom is 0.243 e. The zero-order valence-corrected chi connectivity index (χ0v) is 13.1. The Hall–Kier alpha value is -0.980. The van der Waals surface area contributed by atoms with Crippen LogP contribution in [-0.4, -0.2) is 37.8 Å². The van der Waals surface area contributed by atoms with Crippen LogP contribution in [0.5, 0.6) is 5.75 Å². The molecule has 1 aromatic carbocycles. The van der Waals surface area contributed by atoms with E-state index in [1.807, 2.05) is 0 Å². The molecule has 1 fully saturated rings. The van der Waals surface area contributed by atoms with Crippen LogP contribution >= 0.6 is 12.2 Å².